The van der Waals surface area contributed by atoms with Crippen LogP contribution in [0.2, 0.25) is 0 Å². The van der Waals surface area contributed by atoms with Crippen LogP contribution < -0.4 is 5.73 Å². The normalized spacial score (nSPS) is 11.5. The lowest BCUT2D eigenvalue weighted by atomic mass is 10.1. The van der Waals surface area contributed by atoms with Gasteiger partial charge in [-0.25, -0.2) is 12.8 Å². The largest absolute Gasteiger partial charge is 0.326 e. The molecule has 19 heavy (non-hydrogen) atoms. The molecule has 0 aromatic heterocycles. The number of nitrogens with two attached hydrogens (primary N) is 1. The Balaban J connectivity index is 2.31. The summed E-state index contributed by atoms with van der Waals surface area (Å²) in [4.78, 5) is 0.192. The van der Waals surface area contributed by atoms with E-state index < -0.39 is 15.7 Å². The summed E-state index contributed by atoms with van der Waals surface area (Å²) in [6, 6.07) is 12.4. The second-order valence-electron chi connectivity index (χ2n) is 4.20. The van der Waals surface area contributed by atoms with Crippen LogP contribution in [-0.4, -0.2) is 8.42 Å². The molecule has 2 aromatic carbocycles. The third-order valence-corrected chi connectivity index (χ3v) is 4.48. The van der Waals surface area contributed by atoms with E-state index in [1.165, 1.54) is 24.3 Å². The lowest BCUT2D eigenvalue weighted by Gasteiger charge is -2.07. The number of benzene rings is 2. The number of sulfone groups is 1. The molecule has 0 saturated heterocycles. The van der Waals surface area contributed by atoms with Crippen LogP contribution in [0.25, 0.3) is 0 Å². The molecule has 2 N–H and O–H groups in total. The highest BCUT2D eigenvalue weighted by Crippen LogP contribution is 2.19. The summed E-state index contributed by atoms with van der Waals surface area (Å²) in [6.45, 7) is 0.225. The molecule has 2 rings (SSSR count). The molecule has 0 atom stereocenters. The molecule has 0 saturated carbocycles. The van der Waals surface area contributed by atoms with Crippen molar-refractivity contribution in [2.24, 2.45) is 5.73 Å². The molecular weight excluding hydrogens is 265 g/mol. The molecule has 2 aromatic rings. The Kier molecular flexibility index (Phi) is 3.97. The number of halogens is 1. The van der Waals surface area contributed by atoms with Crippen molar-refractivity contribution in [3.05, 3.63) is 65.5 Å². The van der Waals surface area contributed by atoms with Gasteiger partial charge < -0.3 is 5.73 Å². The quantitative estimate of drug-likeness (QED) is 0.934. The molecular formula is C14H14FNO2S. The van der Waals surface area contributed by atoms with E-state index in [1.54, 1.807) is 24.3 Å². The van der Waals surface area contributed by atoms with Gasteiger partial charge >= 0.3 is 0 Å². The van der Waals surface area contributed by atoms with Gasteiger partial charge in [-0.2, -0.15) is 0 Å². The van der Waals surface area contributed by atoms with Crippen LogP contribution in [0.4, 0.5) is 4.39 Å². The molecule has 3 nitrogen and oxygen atoms in total. The van der Waals surface area contributed by atoms with Crippen molar-refractivity contribution < 1.29 is 12.8 Å². The summed E-state index contributed by atoms with van der Waals surface area (Å²) in [5.41, 5.74) is 6.19. The molecule has 0 spiro atoms. The maximum Gasteiger partial charge on any atom is 0.182 e. The highest BCUT2D eigenvalue weighted by molar-refractivity contribution is 7.90. The molecule has 0 aliphatic heterocycles. The minimum atomic E-state index is -3.53. The van der Waals surface area contributed by atoms with Crippen molar-refractivity contribution in [3.63, 3.8) is 0 Å². The number of hydrogen-bond donors (Lipinski definition) is 1. The summed E-state index contributed by atoms with van der Waals surface area (Å²) in [5, 5.41) is 0. The minimum absolute atomic E-state index is 0.154. The Bertz CT molecular complexity index is 669. The summed E-state index contributed by atoms with van der Waals surface area (Å²) in [5.74, 6) is -0.893. The average molecular weight is 279 g/mol. The highest BCUT2D eigenvalue weighted by atomic mass is 32.2. The van der Waals surface area contributed by atoms with E-state index >= 15 is 0 Å². The lowest BCUT2D eigenvalue weighted by molar-refractivity contribution is 0.586. The zero-order valence-corrected chi connectivity index (χ0v) is 11.0. The smallest absolute Gasteiger partial charge is 0.182 e. The van der Waals surface area contributed by atoms with E-state index in [0.29, 0.717) is 5.56 Å². The van der Waals surface area contributed by atoms with Crippen molar-refractivity contribution >= 4 is 9.84 Å². The first-order valence-electron chi connectivity index (χ1n) is 5.78. The van der Waals surface area contributed by atoms with Crippen molar-refractivity contribution in [3.8, 4) is 0 Å². The zero-order valence-electron chi connectivity index (χ0n) is 10.2. The van der Waals surface area contributed by atoms with Gasteiger partial charge in [0.15, 0.2) is 9.84 Å². The molecule has 0 radical (unpaired) electrons. The van der Waals surface area contributed by atoms with Crippen molar-refractivity contribution in [2.75, 3.05) is 0 Å². The standard InChI is InChI=1S/C14H14FNO2S/c15-14-8-11(9-16)6-7-12(14)10-19(17,18)13-4-2-1-3-5-13/h1-8H,9-10,16H2. The second kappa shape index (κ2) is 5.50. The SMILES string of the molecule is NCc1ccc(CS(=O)(=O)c2ccccc2)c(F)c1. The zero-order chi connectivity index (χ0) is 13.9. The average Bonchev–Trinajstić information content (AvgIpc) is 2.42. The molecule has 0 bridgehead atoms. The summed E-state index contributed by atoms with van der Waals surface area (Å²) < 4.78 is 38.0. The topological polar surface area (TPSA) is 60.2 Å². The third-order valence-electron chi connectivity index (χ3n) is 2.80. The van der Waals surface area contributed by atoms with Crippen LogP contribution in [-0.2, 0) is 22.1 Å². The first-order valence-corrected chi connectivity index (χ1v) is 7.43. The molecule has 0 fully saturated rings. The Labute approximate surface area is 111 Å². The van der Waals surface area contributed by atoms with Gasteiger partial charge in [0, 0.05) is 12.1 Å². The van der Waals surface area contributed by atoms with Gasteiger partial charge in [-0.1, -0.05) is 30.3 Å². The Morgan fingerprint density at radius 3 is 2.32 bits per heavy atom. The molecule has 0 aliphatic rings. The van der Waals surface area contributed by atoms with Gasteiger partial charge in [-0.3, -0.25) is 0 Å². The minimum Gasteiger partial charge on any atom is -0.326 e. The fourth-order valence-corrected chi connectivity index (χ4v) is 3.13. The van der Waals surface area contributed by atoms with Crippen LogP contribution in [0.3, 0.4) is 0 Å². The van der Waals surface area contributed by atoms with Gasteiger partial charge in [-0.05, 0) is 23.8 Å². The van der Waals surface area contributed by atoms with Gasteiger partial charge in [0.2, 0.25) is 0 Å². The molecule has 0 amide bonds. The van der Waals surface area contributed by atoms with E-state index in [9.17, 15) is 12.8 Å². The van der Waals surface area contributed by atoms with Gasteiger partial charge in [0.1, 0.15) is 5.82 Å². The molecule has 0 heterocycles. The first-order chi connectivity index (χ1) is 9.03. The van der Waals surface area contributed by atoms with Crippen molar-refractivity contribution in [1.29, 1.82) is 0 Å². The van der Waals surface area contributed by atoms with E-state index in [2.05, 4.69) is 0 Å². The molecule has 0 aliphatic carbocycles. The summed E-state index contributed by atoms with van der Waals surface area (Å²) in [6.07, 6.45) is 0. The van der Waals surface area contributed by atoms with E-state index in [-0.39, 0.29) is 22.8 Å². The first kappa shape index (κ1) is 13.7. The maximum absolute atomic E-state index is 13.8. The predicted molar refractivity (Wildman–Crippen MR) is 71.6 cm³/mol. The molecule has 0 unspecified atom stereocenters. The van der Waals surface area contributed by atoms with Gasteiger partial charge in [0.25, 0.3) is 0 Å². The van der Waals surface area contributed by atoms with Crippen molar-refractivity contribution in [2.45, 2.75) is 17.2 Å². The monoisotopic (exact) mass is 279 g/mol. The second-order valence-corrected chi connectivity index (χ2v) is 6.19. The van der Waals surface area contributed by atoms with Crippen LogP contribution >= 0.6 is 0 Å². The van der Waals surface area contributed by atoms with Gasteiger partial charge in [0.05, 0.1) is 10.6 Å². The fraction of sp³-hybridized carbons (Fsp3) is 0.143. The van der Waals surface area contributed by atoms with Crippen LogP contribution in [0.5, 0.6) is 0 Å². The number of rotatable bonds is 4. The third kappa shape index (κ3) is 3.19. The van der Waals surface area contributed by atoms with E-state index in [0.717, 1.165) is 0 Å². The fourth-order valence-electron chi connectivity index (χ4n) is 1.75. The van der Waals surface area contributed by atoms with Crippen LogP contribution in [0.1, 0.15) is 11.1 Å². The van der Waals surface area contributed by atoms with E-state index in [1.807, 2.05) is 0 Å². The molecule has 100 valence electrons. The van der Waals surface area contributed by atoms with Crippen LogP contribution in [0, 0.1) is 5.82 Å². The maximum atomic E-state index is 13.8. The Morgan fingerprint density at radius 1 is 1.05 bits per heavy atom. The van der Waals surface area contributed by atoms with Crippen molar-refractivity contribution in [1.82, 2.24) is 0 Å². The molecule has 5 heteroatoms. The van der Waals surface area contributed by atoms with E-state index in [4.69, 9.17) is 5.73 Å². The Morgan fingerprint density at radius 2 is 1.74 bits per heavy atom. The number of hydrogen-bond acceptors (Lipinski definition) is 3. The summed E-state index contributed by atoms with van der Waals surface area (Å²) in [7, 11) is -3.53. The predicted octanol–water partition coefficient (Wildman–Crippen LogP) is 2.26. The highest BCUT2D eigenvalue weighted by Gasteiger charge is 2.17. The van der Waals surface area contributed by atoms with Crippen LogP contribution in [0.15, 0.2) is 53.4 Å². The van der Waals surface area contributed by atoms with Gasteiger partial charge in [-0.15, -0.1) is 0 Å². The lowest BCUT2D eigenvalue weighted by Crippen LogP contribution is -2.07. The summed E-state index contributed by atoms with van der Waals surface area (Å²) >= 11 is 0. The Hall–Kier alpha value is -1.72.